The van der Waals surface area contributed by atoms with Crippen LogP contribution in [-0.4, -0.2) is 44.0 Å². The zero-order valence-electron chi connectivity index (χ0n) is 17.8. The van der Waals surface area contributed by atoms with Crippen LogP contribution in [0.3, 0.4) is 0 Å². The van der Waals surface area contributed by atoms with Crippen LogP contribution in [0.5, 0.6) is 23.0 Å². The van der Waals surface area contributed by atoms with Gasteiger partial charge in [-0.1, -0.05) is 0 Å². The smallest absolute Gasteiger partial charge is 0.340 e. The van der Waals surface area contributed by atoms with Crippen molar-refractivity contribution in [2.24, 2.45) is 0 Å². The lowest BCUT2D eigenvalue weighted by atomic mass is 10.1. The van der Waals surface area contributed by atoms with Crippen molar-refractivity contribution in [3.05, 3.63) is 46.0 Å². The third-order valence-corrected chi connectivity index (χ3v) is 4.74. The van der Waals surface area contributed by atoms with Crippen LogP contribution in [0.15, 0.2) is 29.1 Å². The molecule has 0 bridgehead atoms. The van der Waals surface area contributed by atoms with Gasteiger partial charge in [-0.05, 0) is 13.0 Å². The zero-order valence-corrected chi connectivity index (χ0v) is 17.8. The van der Waals surface area contributed by atoms with E-state index in [9.17, 15) is 9.59 Å². The Morgan fingerprint density at radius 2 is 1.58 bits per heavy atom. The number of nitrogens with two attached hydrogens (primary N) is 1. The number of esters is 1. The number of carbonyl (C=O) groups excluding carboxylic acids is 1. The number of aromatic nitrogens is 2. The number of rotatable bonds is 7. The molecule has 3 aromatic rings. The summed E-state index contributed by atoms with van der Waals surface area (Å²) in [5, 5.41) is 0.339. The molecule has 0 amide bonds. The third-order valence-electron chi connectivity index (χ3n) is 4.74. The highest BCUT2D eigenvalue weighted by Crippen LogP contribution is 2.33. The Balaban J connectivity index is 2.03. The number of benzene rings is 2. The Morgan fingerprint density at radius 1 is 0.968 bits per heavy atom. The third kappa shape index (κ3) is 4.04. The first-order valence-electron chi connectivity index (χ1n) is 9.16. The van der Waals surface area contributed by atoms with Crippen molar-refractivity contribution in [1.29, 1.82) is 0 Å². The summed E-state index contributed by atoms with van der Waals surface area (Å²) in [6.45, 7) is 1.50. The molecular weight excluding hydrogens is 406 g/mol. The van der Waals surface area contributed by atoms with Gasteiger partial charge >= 0.3 is 5.97 Å². The fourth-order valence-corrected chi connectivity index (χ4v) is 3.08. The van der Waals surface area contributed by atoms with Gasteiger partial charge in [0, 0.05) is 18.2 Å². The van der Waals surface area contributed by atoms with Gasteiger partial charge in [-0.15, -0.1) is 0 Å². The Hall–Kier alpha value is -3.95. The van der Waals surface area contributed by atoms with Gasteiger partial charge in [-0.2, -0.15) is 0 Å². The summed E-state index contributed by atoms with van der Waals surface area (Å²) >= 11 is 0. The molecule has 0 saturated heterocycles. The number of hydrogen-bond acceptors (Lipinski definition) is 9. The predicted molar refractivity (Wildman–Crippen MR) is 113 cm³/mol. The van der Waals surface area contributed by atoms with E-state index in [1.165, 1.54) is 45.1 Å². The first-order chi connectivity index (χ1) is 14.8. The van der Waals surface area contributed by atoms with E-state index in [1.807, 2.05) is 0 Å². The van der Waals surface area contributed by atoms with Crippen LogP contribution in [0.1, 0.15) is 16.2 Å². The Labute approximate surface area is 178 Å². The average molecular weight is 429 g/mol. The van der Waals surface area contributed by atoms with Crippen LogP contribution in [0.2, 0.25) is 0 Å². The molecule has 0 aliphatic rings. The lowest BCUT2D eigenvalue weighted by Crippen LogP contribution is -2.26. The number of aryl methyl sites for hydroxylation is 1. The number of nitrogens with zero attached hydrogens (tertiary/aromatic N) is 2. The van der Waals surface area contributed by atoms with Crippen molar-refractivity contribution in [2.45, 2.75) is 13.7 Å². The number of fused-ring (bicyclic) bond motifs is 1. The number of nitrogen functional groups attached to an aromatic ring is 1. The van der Waals surface area contributed by atoms with Crippen molar-refractivity contribution in [2.75, 3.05) is 34.2 Å². The Bertz CT molecular complexity index is 1200. The number of hydrogen-bond donors (Lipinski definition) is 1. The highest BCUT2D eigenvalue weighted by Gasteiger charge is 2.18. The molecule has 2 N–H and O–H groups in total. The molecule has 0 aliphatic heterocycles. The molecule has 0 fully saturated rings. The van der Waals surface area contributed by atoms with E-state index in [4.69, 9.17) is 29.4 Å². The molecule has 3 rings (SSSR count). The van der Waals surface area contributed by atoms with Crippen LogP contribution in [0.25, 0.3) is 10.9 Å². The van der Waals surface area contributed by atoms with E-state index < -0.39 is 5.97 Å². The summed E-state index contributed by atoms with van der Waals surface area (Å²) in [4.78, 5) is 29.5. The lowest BCUT2D eigenvalue weighted by molar-refractivity contribution is 0.0601. The summed E-state index contributed by atoms with van der Waals surface area (Å²) in [5.41, 5.74) is 6.33. The first-order valence-corrected chi connectivity index (χ1v) is 9.16. The lowest BCUT2D eigenvalue weighted by Gasteiger charge is -2.16. The van der Waals surface area contributed by atoms with Crippen molar-refractivity contribution in [3.8, 4) is 23.0 Å². The van der Waals surface area contributed by atoms with Crippen LogP contribution in [0.4, 0.5) is 5.69 Å². The zero-order chi connectivity index (χ0) is 22.7. The molecule has 10 heteroatoms. The quantitative estimate of drug-likeness (QED) is 0.444. The SMILES string of the molecule is COC(=O)c1cc(OCn2c(C)nc3cc(OC)c(OC)cc3c2=O)c(OC)cc1N. The predicted octanol–water partition coefficient (Wildman–Crippen LogP) is 2.14. The second-order valence-electron chi connectivity index (χ2n) is 6.47. The maximum atomic E-state index is 13.1. The van der Waals surface area contributed by atoms with Gasteiger partial charge in [0.1, 0.15) is 5.82 Å². The fraction of sp³-hybridized carbons (Fsp3) is 0.286. The van der Waals surface area contributed by atoms with Gasteiger partial charge in [-0.3, -0.25) is 9.36 Å². The molecule has 164 valence electrons. The van der Waals surface area contributed by atoms with Crippen LogP contribution < -0.4 is 30.2 Å². The minimum absolute atomic E-state index is 0.121. The molecule has 0 aliphatic carbocycles. The number of methoxy groups -OCH3 is 4. The van der Waals surface area contributed by atoms with Crippen LogP contribution >= 0.6 is 0 Å². The van der Waals surface area contributed by atoms with Gasteiger partial charge in [0.05, 0.1) is 50.6 Å². The molecule has 0 atom stereocenters. The van der Waals surface area contributed by atoms with E-state index in [2.05, 4.69) is 4.98 Å². The summed E-state index contributed by atoms with van der Waals surface area (Å²) in [6.07, 6.45) is 0. The largest absolute Gasteiger partial charge is 0.493 e. The highest BCUT2D eigenvalue weighted by atomic mass is 16.5. The van der Waals surface area contributed by atoms with Crippen molar-refractivity contribution < 1.29 is 28.5 Å². The van der Waals surface area contributed by atoms with E-state index >= 15 is 0 Å². The van der Waals surface area contributed by atoms with E-state index in [-0.39, 0.29) is 29.3 Å². The summed E-state index contributed by atoms with van der Waals surface area (Å²) in [5.74, 6) is 1.20. The maximum Gasteiger partial charge on any atom is 0.340 e. The van der Waals surface area contributed by atoms with Gasteiger partial charge < -0.3 is 29.4 Å². The minimum atomic E-state index is -0.619. The monoisotopic (exact) mass is 429 g/mol. The maximum absolute atomic E-state index is 13.1. The van der Waals surface area contributed by atoms with Crippen molar-refractivity contribution in [1.82, 2.24) is 9.55 Å². The topological polar surface area (TPSA) is 124 Å². The fourth-order valence-electron chi connectivity index (χ4n) is 3.08. The van der Waals surface area contributed by atoms with Crippen LogP contribution in [0, 0.1) is 6.92 Å². The minimum Gasteiger partial charge on any atom is -0.493 e. The van der Waals surface area contributed by atoms with Gasteiger partial charge in [0.15, 0.2) is 29.7 Å². The molecule has 0 radical (unpaired) electrons. The van der Waals surface area contributed by atoms with Gasteiger partial charge in [-0.25, -0.2) is 9.78 Å². The second-order valence-corrected chi connectivity index (χ2v) is 6.47. The number of ether oxygens (including phenoxy) is 5. The molecule has 2 aromatic carbocycles. The molecular formula is C21H23N3O7. The average Bonchev–Trinajstić information content (AvgIpc) is 2.77. The normalized spacial score (nSPS) is 10.6. The van der Waals surface area contributed by atoms with E-state index in [0.29, 0.717) is 34.0 Å². The summed E-state index contributed by atoms with van der Waals surface area (Å²) in [6, 6.07) is 6.06. The van der Waals surface area contributed by atoms with E-state index in [0.717, 1.165) is 0 Å². The standard InChI is InChI=1S/C21H23N3O7/c1-11-23-15-9-18(29-4)16(27-2)7-13(15)20(25)24(11)10-31-19-6-12(21(26)30-5)14(22)8-17(19)28-3/h6-9H,10,22H2,1-5H3. The van der Waals surface area contributed by atoms with Crippen molar-refractivity contribution in [3.63, 3.8) is 0 Å². The molecule has 1 heterocycles. The molecule has 1 aromatic heterocycles. The molecule has 0 spiro atoms. The highest BCUT2D eigenvalue weighted by molar-refractivity contribution is 5.96. The van der Waals surface area contributed by atoms with Gasteiger partial charge in [0.25, 0.3) is 5.56 Å². The molecule has 10 nitrogen and oxygen atoms in total. The Kier molecular flexibility index (Phi) is 6.19. The van der Waals surface area contributed by atoms with Gasteiger partial charge in [0.2, 0.25) is 0 Å². The first kappa shape index (κ1) is 21.8. The number of anilines is 1. The van der Waals surface area contributed by atoms with E-state index in [1.54, 1.807) is 19.1 Å². The van der Waals surface area contributed by atoms with Crippen LogP contribution in [-0.2, 0) is 11.5 Å². The van der Waals surface area contributed by atoms with Crippen molar-refractivity contribution >= 4 is 22.6 Å². The summed E-state index contributed by atoms with van der Waals surface area (Å²) < 4.78 is 27.7. The molecule has 0 saturated carbocycles. The Morgan fingerprint density at radius 3 is 2.19 bits per heavy atom. The molecule has 0 unspecified atom stereocenters. The second kappa shape index (κ2) is 8.82. The summed E-state index contributed by atoms with van der Waals surface area (Å²) in [7, 11) is 5.68. The number of carbonyl (C=O) groups is 1. The molecule has 31 heavy (non-hydrogen) atoms.